The van der Waals surface area contributed by atoms with Crippen molar-refractivity contribution in [3.05, 3.63) is 47.8 Å². The van der Waals surface area contributed by atoms with Gasteiger partial charge in [-0.15, -0.1) is 0 Å². The summed E-state index contributed by atoms with van der Waals surface area (Å²) in [4.78, 5) is 11.8. The molecule has 0 radical (unpaired) electrons. The summed E-state index contributed by atoms with van der Waals surface area (Å²) in [7, 11) is 2.22. The monoisotopic (exact) mass is 339 g/mol. The number of pyridine rings is 1. The lowest BCUT2D eigenvalue weighted by Crippen LogP contribution is -2.36. The molecule has 2 aromatic rings. The van der Waals surface area contributed by atoms with Crippen molar-refractivity contribution < 1.29 is 0 Å². The molecule has 2 aromatic heterocycles. The second-order valence-corrected chi connectivity index (χ2v) is 7.64. The Kier molecular flexibility index (Phi) is 4.86. The molecule has 2 fully saturated rings. The van der Waals surface area contributed by atoms with Crippen molar-refractivity contribution in [3.8, 4) is 0 Å². The highest BCUT2D eigenvalue weighted by atomic mass is 15.2. The first kappa shape index (κ1) is 16.7. The van der Waals surface area contributed by atoms with E-state index in [0.717, 1.165) is 12.8 Å². The van der Waals surface area contributed by atoms with Crippen LogP contribution in [0.25, 0.3) is 0 Å². The molecular formula is C20H29N5. The number of hydrogen-bond donors (Lipinski definition) is 1. The fraction of sp³-hybridized carbons (Fsp3) is 0.600. The van der Waals surface area contributed by atoms with Crippen molar-refractivity contribution in [2.75, 3.05) is 20.1 Å². The lowest BCUT2D eigenvalue weighted by molar-refractivity contribution is 0.212. The number of nitrogens with zero attached hydrogens (tertiary/aromatic N) is 4. The van der Waals surface area contributed by atoms with E-state index in [2.05, 4.69) is 46.0 Å². The zero-order valence-electron chi connectivity index (χ0n) is 15.4. The van der Waals surface area contributed by atoms with Crippen LogP contribution in [0, 0.1) is 6.92 Å². The Balaban J connectivity index is 1.53. The molecule has 5 nitrogen and oxygen atoms in total. The van der Waals surface area contributed by atoms with Crippen LogP contribution in [0.2, 0.25) is 0 Å². The summed E-state index contributed by atoms with van der Waals surface area (Å²) in [6, 6.07) is 5.43. The minimum Gasteiger partial charge on any atom is -0.330 e. The Bertz CT molecular complexity index is 702. The highest BCUT2D eigenvalue weighted by Gasteiger charge is 2.29. The molecule has 2 aliphatic heterocycles. The first-order chi connectivity index (χ1) is 12.2. The Labute approximate surface area is 150 Å². The molecule has 0 aromatic carbocycles. The van der Waals surface area contributed by atoms with E-state index in [9.17, 15) is 0 Å². The Morgan fingerprint density at radius 1 is 1.04 bits per heavy atom. The van der Waals surface area contributed by atoms with Gasteiger partial charge in [0.1, 0.15) is 5.82 Å². The maximum Gasteiger partial charge on any atom is 0.126 e. The van der Waals surface area contributed by atoms with Gasteiger partial charge in [-0.05, 0) is 70.8 Å². The SMILES string of the molecule is Cc1cccnc1[C@@H]1CCC[C@H](c2nccn2C2CCN(C)CC2)N1. The largest absolute Gasteiger partial charge is 0.330 e. The summed E-state index contributed by atoms with van der Waals surface area (Å²) in [5.41, 5.74) is 2.48. The number of aromatic nitrogens is 3. The molecule has 0 bridgehead atoms. The summed E-state index contributed by atoms with van der Waals surface area (Å²) in [5, 5.41) is 3.84. The molecule has 4 rings (SSSR count). The van der Waals surface area contributed by atoms with Crippen LogP contribution in [0.4, 0.5) is 0 Å². The molecule has 0 amide bonds. The minimum atomic E-state index is 0.329. The average molecular weight is 339 g/mol. The number of nitrogens with one attached hydrogen (secondary N) is 1. The van der Waals surface area contributed by atoms with Gasteiger partial charge in [0.05, 0.1) is 17.8 Å². The summed E-state index contributed by atoms with van der Waals surface area (Å²) in [6.45, 7) is 4.51. The quantitative estimate of drug-likeness (QED) is 0.931. The minimum absolute atomic E-state index is 0.329. The normalized spacial score (nSPS) is 26.0. The molecule has 4 heterocycles. The smallest absolute Gasteiger partial charge is 0.126 e. The number of likely N-dealkylation sites (tertiary alicyclic amines) is 1. The number of rotatable bonds is 3. The van der Waals surface area contributed by atoms with Gasteiger partial charge < -0.3 is 9.47 Å². The molecule has 0 saturated carbocycles. The molecule has 1 N–H and O–H groups in total. The van der Waals surface area contributed by atoms with Crippen LogP contribution in [0.3, 0.4) is 0 Å². The van der Waals surface area contributed by atoms with Crippen molar-refractivity contribution in [3.63, 3.8) is 0 Å². The van der Waals surface area contributed by atoms with Crippen molar-refractivity contribution in [1.29, 1.82) is 0 Å². The molecule has 2 atom stereocenters. The second kappa shape index (κ2) is 7.26. The van der Waals surface area contributed by atoms with Gasteiger partial charge >= 0.3 is 0 Å². The summed E-state index contributed by atoms with van der Waals surface area (Å²) in [6.07, 6.45) is 12.0. The van der Waals surface area contributed by atoms with Crippen LogP contribution in [0.15, 0.2) is 30.7 Å². The van der Waals surface area contributed by atoms with Gasteiger partial charge in [-0.3, -0.25) is 10.3 Å². The van der Waals surface area contributed by atoms with Crippen molar-refractivity contribution in [1.82, 2.24) is 24.8 Å². The zero-order valence-corrected chi connectivity index (χ0v) is 15.4. The molecule has 2 saturated heterocycles. The first-order valence-electron chi connectivity index (χ1n) is 9.61. The van der Waals surface area contributed by atoms with Crippen LogP contribution in [0.1, 0.15) is 67.3 Å². The molecule has 134 valence electrons. The Morgan fingerprint density at radius 3 is 2.64 bits per heavy atom. The molecule has 0 unspecified atom stereocenters. The average Bonchev–Trinajstić information content (AvgIpc) is 3.13. The van der Waals surface area contributed by atoms with E-state index in [-0.39, 0.29) is 0 Å². The van der Waals surface area contributed by atoms with E-state index >= 15 is 0 Å². The second-order valence-electron chi connectivity index (χ2n) is 7.64. The van der Waals surface area contributed by atoms with Crippen molar-refractivity contribution >= 4 is 0 Å². The number of piperidine rings is 2. The van der Waals surface area contributed by atoms with Crippen molar-refractivity contribution in [2.45, 2.75) is 57.2 Å². The van der Waals surface area contributed by atoms with E-state index in [1.165, 1.54) is 49.4 Å². The maximum absolute atomic E-state index is 4.75. The highest BCUT2D eigenvalue weighted by Crippen LogP contribution is 2.34. The van der Waals surface area contributed by atoms with Gasteiger partial charge in [0.25, 0.3) is 0 Å². The van der Waals surface area contributed by atoms with Gasteiger partial charge in [0, 0.05) is 24.6 Å². The highest BCUT2D eigenvalue weighted by molar-refractivity contribution is 5.22. The van der Waals surface area contributed by atoms with Crippen LogP contribution >= 0.6 is 0 Å². The van der Waals surface area contributed by atoms with Gasteiger partial charge in [-0.1, -0.05) is 6.07 Å². The first-order valence-corrected chi connectivity index (χ1v) is 9.61. The summed E-state index contributed by atoms with van der Waals surface area (Å²) in [5.74, 6) is 1.22. The lowest BCUT2D eigenvalue weighted by atomic mass is 9.93. The predicted octanol–water partition coefficient (Wildman–Crippen LogP) is 3.41. The standard InChI is InChI=1S/C20H29N5/c1-15-5-4-10-21-19(15)17-6-3-7-18(23-17)20-22-11-14-25(20)16-8-12-24(2)13-9-16/h4-5,10-11,14,16-18,23H,3,6-9,12-13H2,1-2H3/t17-,18+/m0/s1. The topological polar surface area (TPSA) is 46.0 Å². The zero-order chi connectivity index (χ0) is 17.2. The maximum atomic E-state index is 4.75. The van der Waals surface area contributed by atoms with Gasteiger partial charge in [-0.2, -0.15) is 0 Å². The molecule has 5 heteroatoms. The van der Waals surface area contributed by atoms with E-state index in [1.54, 1.807) is 0 Å². The van der Waals surface area contributed by atoms with E-state index in [0.29, 0.717) is 18.1 Å². The third kappa shape index (κ3) is 3.48. The molecular weight excluding hydrogens is 310 g/mol. The molecule has 0 aliphatic carbocycles. The summed E-state index contributed by atoms with van der Waals surface area (Å²) < 4.78 is 2.44. The third-order valence-electron chi connectivity index (χ3n) is 5.86. The molecule has 0 spiro atoms. The molecule has 25 heavy (non-hydrogen) atoms. The molecule has 2 aliphatic rings. The third-order valence-corrected chi connectivity index (χ3v) is 5.86. The van der Waals surface area contributed by atoms with Crippen molar-refractivity contribution in [2.24, 2.45) is 0 Å². The van der Waals surface area contributed by atoms with Crippen LogP contribution in [0.5, 0.6) is 0 Å². The predicted molar refractivity (Wildman–Crippen MR) is 99.4 cm³/mol. The number of aryl methyl sites for hydroxylation is 1. The Morgan fingerprint density at radius 2 is 1.84 bits per heavy atom. The summed E-state index contributed by atoms with van der Waals surface area (Å²) >= 11 is 0. The van der Waals surface area contributed by atoms with E-state index in [1.807, 2.05) is 18.5 Å². The van der Waals surface area contributed by atoms with Crippen LogP contribution in [-0.4, -0.2) is 39.6 Å². The fourth-order valence-corrected chi connectivity index (χ4v) is 4.39. The van der Waals surface area contributed by atoms with Gasteiger partial charge in [0.15, 0.2) is 0 Å². The number of imidazole rings is 1. The Hall–Kier alpha value is -1.72. The fourth-order valence-electron chi connectivity index (χ4n) is 4.39. The van der Waals surface area contributed by atoms with E-state index < -0.39 is 0 Å². The van der Waals surface area contributed by atoms with Crippen LogP contribution < -0.4 is 5.32 Å². The lowest BCUT2D eigenvalue weighted by Gasteiger charge is -2.34. The van der Waals surface area contributed by atoms with E-state index in [4.69, 9.17) is 4.98 Å². The van der Waals surface area contributed by atoms with Gasteiger partial charge in [0.2, 0.25) is 0 Å². The number of hydrogen-bond acceptors (Lipinski definition) is 4. The van der Waals surface area contributed by atoms with Gasteiger partial charge in [-0.25, -0.2) is 4.98 Å². The van der Waals surface area contributed by atoms with Crippen LogP contribution in [-0.2, 0) is 0 Å².